The number of sulfonamides is 1. The summed E-state index contributed by atoms with van der Waals surface area (Å²) in [6.45, 7) is 5.52. The molecular formula is C16H21ClN4O2S. The van der Waals surface area contributed by atoms with Crippen LogP contribution < -0.4 is 5.32 Å². The third kappa shape index (κ3) is 3.35. The largest absolute Gasteiger partial charge is 0.334 e. The van der Waals surface area contributed by atoms with Gasteiger partial charge in [-0.2, -0.15) is 4.31 Å². The molecule has 8 heteroatoms. The first-order valence-corrected chi connectivity index (χ1v) is 9.73. The lowest BCUT2D eigenvalue weighted by molar-refractivity contribution is 0.271. The molecule has 2 aromatic rings. The summed E-state index contributed by atoms with van der Waals surface area (Å²) in [5.74, 6) is 0. The molecule has 6 nitrogen and oxygen atoms in total. The Hall–Kier alpha value is -1.41. The molecule has 1 unspecified atom stereocenters. The molecule has 0 amide bonds. The van der Waals surface area contributed by atoms with Crippen LogP contribution in [0, 0.1) is 0 Å². The number of aromatic nitrogens is 2. The number of hydrogen-bond acceptors (Lipinski definition) is 4. The van der Waals surface area contributed by atoms with Crippen LogP contribution in [0.4, 0.5) is 0 Å². The molecule has 2 heterocycles. The molecule has 1 aliphatic rings. The fraction of sp³-hybridized carbons (Fsp3) is 0.438. The Labute approximate surface area is 147 Å². The summed E-state index contributed by atoms with van der Waals surface area (Å²) in [6.07, 6.45) is 3.16. The third-order valence-corrected chi connectivity index (χ3v) is 6.20. The molecule has 0 aliphatic carbocycles. The van der Waals surface area contributed by atoms with Gasteiger partial charge in [-0.05, 0) is 31.5 Å². The maximum atomic E-state index is 13.1. The highest BCUT2D eigenvalue weighted by Crippen LogP contribution is 2.29. The van der Waals surface area contributed by atoms with Gasteiger partial charge in [-0.3, -0.25) is 0 Å². The number of hydrogen-bond donors (Lipinski definition) is 1. The zero-order valence-electron chi connectivity index (χ0n) is 13.7. The van der Waals surface area contributed by atoms with Crippen LogP contribution in [-0.2, 0) is 10.0 Å². The molecule has 0 saturated carbocycles. The van der Waals surface area contributed by atoms with Gasteiger partial charge in [-0.1, -0.05) is 23.7 Å². The minimum Gasteiger partial charge on any atom is -0.334 e. The molecule has 0 spiro atoms. The van der Waals surface area contributed by atoms with E-state index >= 15 is 0 Å². The van der Waals surface area contributed by atoms with Gasteiger partial charge in [0.15, 0.2) is 5.03 Å². The molecule has 1 aliphatic heterocycles. The fourth-order valence-corrected chi connectivity index (χ4v) is 4.56. The Morgan fingerprint density at radius 3 is 2.83 bits per heavy atom. The Morgan fingerprint density at radius 1 is 1.38 bits per heavy atom. The molecule has 130 valence electrons. The summed E-state index contributed by atoms with van der Waals surface area (Å²) >= 11 is 6.08. The van der Waals surface area contributed by atoms with E-state index in [1.54, 1.807) is 23.2 Å². The zero-order chi connectivity index (χ0) is 17.3. The lowest BCUT2D eigenvalue weighted by atomic mass is 10.1. The number of imidazole rings is 1. The Morgan fingerprint density at radius 2 is 2.17 bits per heavy atom. The van der Waals surface area contributed by atoms with Crippen molar-refractivity contribution >= 4 is 21.6 Å². The number of benzene rings is 1. The molecule has 1 aromatic heterocycles. The molecule has 1 N–H and O–H groups in total. The first kappa shape index (κ1) is 17.4. The van der Waals surface area contributed by atoms with E-state index in [1.165, 1.54) is 4.31 Å². The van der Waals surface area contributed by atoms with Crippen LogP contribution in [0.15, 0.2) is 41.8 Å². The van der Waals surface area contributed by atoms with Gasteiger partial charge < -0.3 is 9.88 Å². The van der Waals surface area contributed by atoms with E-state index in [-0.39, 0.29) is 17.1 Å². The fourth-order valence-electron chi connectivity index (χ4n) is 2.82. The lowest BCUT2D eigenvalue weighted by Crippen LogP contribution is -2.48. The predicted octanol–water partition coefficient (Wildman–Crippen LogP) is 2.45. The summed E-state index contributed by atoms with van der Waals surface area (Å²) < 4.78 is 29.5. The van der Waals surface area contributed by atoms with Crippen LogP contribution in [0.25, 0.3) is 0 Å². The van der Waals surface area contributed by atoms with Gasteiger partial charge in [0.25, 0.3) is 10.0 Å². The van der Waals surface area contributed by atoms with E-state index in [0.717, 1.165) is 5.56 Å². The van der Waals surface area contributed by atoms with Gasteiger partial charge in [0.05, 0.1) is 12.4 Å². The summed E-state index contributed by atoms with van der Waals surface area (Å²) in [6, 6.07) is 7.20. The minimum atomic E-state index is -3.67. The van der Waals surface area contributed by atoms with Crippen LogP contribution in [0.2, 0.25) is 5.02 Å². The number of nitrogens with one attached hydrogen (secondary N) is 1. The Bertz CT molecular complexity index is 819. The maximum Gasteiger partial charge on any atom is 0.262 e. The van der Waals surface area contributed by atoms with Gasteiger partial charge in [-0.25, -0.2) is 13.4 Å². The highest BCUT2D eigenvalue weighted by molar-refractivity contribution is 7.89. The van der Waals surface area contributed by atoms with Gasteiger partial charge in [0.2, 0.25) is 0 Å². The number of nitrogens with zero attached hydrogens (tertiary/aromatic N) is 3. The van der Waals surface area contributed by atoms with Gasteiger partial charge >= 0.3 is 0 Å². The first-order valence-electron chi connectivity index (χ1n) is 7.91. The minimum absolute atomic E-state index is 0.0881. The highest BCUT2D eigenvalue weighted by Gasteiger charge is 2.35. The highest BCUT2D eigenvalue weighted by atomic mass is 35.5. The summed E-state index contributed by atoms with van der Waals surface area (Å²) in [5, 5.41) is 3.94. The number of rotatable bonds is 4. The molecule has 1 saturated heterocycles. The number of halogens is 1. The monoisotopic (exact) mass is 368 g/mol. The van der Waals surface area contributed by atoms with Crippen molar-refractivity contribution in [3.63, 3.8) is 0 Å². The Kier molecular flexibility index (Phi) is 4.96. The molecule has 1 atom stereocenters. The average molecular weight is 369 g/mol. The van der Waals surface area contributed by atoms with Gasteiger partial charge in [0, 0.05) is 36.9 Å². The second kappa shape index (κ2) is 6.84. The molecule has 1 fully saturated rings. The van der Waals surface area contributed by atoms with E-state index in [1.807, 2.05) is 32.0 Å². The van der Waals surface area contributed by atoms with E-state index in [2.05, 4.69) is 10.3 Å². The van der Waals surface area contributed by atoms with Crippen LogP contribution in [0.1, 0.15) is 31.5 Å². The van der Waals surface area contributed by atoms with Crippen molar-refractivity contribution in [3.05, 3.63) is 47.4 Å². The quantitative estimate of drug-likeness (QED) is 0.900. The van der Waals surface area contributed by atoms with Crippen LogP contribution in [0.5, 0.6) is 0 Å². The molecule has 3 rings (SSSR count). The first-order chi connectivity index (χ1) is 11.4. The van der Waals surface area contributed by atoms with Gasteiger partial charge in [0.1, 0.15) is 0 Å². The molecule has 0 radical (unpaired) electrons. The van der Waals surface area contributed by atoms with Gasteiger partial charge in [-0.15, -0.1) is 0 Å². The smallest absolute Gasteiger partial charge is 0.262 e. The zero-order valence-corrected chi connectivity index (χ0v) is 15.3. The van der Waals surface area contributed by atoms with Crippen molar-refractivity contribution in [2.45, 2.75) is 31.0 Å². The van der Waals surface area contributed by atoms with E-state index in [4.69, 9.17) is 11.6 Å². The molecule has 24 heavy (non-hydrogen) atoms. The van der Waals surface area contributed by atoms with E-state index in [0.29, 0.717) is 24.7 Å². The molecular weight excluding hydrogens is 348 g/mol. The van der Waals surface area contributed by atoms with Crippen molar-refractivity contribution in [3.8, 4) is 0 Å². The number of piperazine rings is 1. The SMILES string of the molecule is CC(C)n1cnc(S(=O)(=O)N2CCNCC2c2cccc(Cl)c2)c1. The van der Waals surface area contributed by atoms with Crippen molar-refractivity contribution in [1.82, 2.24) is 19.2 Å². The van der Waals surface area contributed by atoms with E-state index in [9.17, 15) is 8.42 Å². The average Bonchev–Trinajstić information content (AvgIpc) is 3.06. The molecule has 1 aromatic carbocycles. The second-order valence-corrected chi connectivity index (χ2v) is 8.42. The van der Waals surface area contributed by atoms with Crippen LogP contribution >= 0.6 is 11.6 Å². The standard InChI is InChI=1S/C16H21ClN4O2S/c1-12(2)20-10-16(19-11-20)24(22,23)21-7-6-18-9-15(21)13-4-3-5-14(17)8-13/h3-5,8,10-12,15,18H,6-7,9H2,1-2H3. The third-order valence-electron chi connectivity index (χ3n) is 4.17. The normalized spacial score (nSPS) is 19.8. The van der Waals surface area contributed by atoms with Crippen molar-refractivity contribution in [2.24, 2.45) is 0 Å². The van der Waals surface area contributed by atoms with E-state index < -0.39 is 10.0 Å². The second-order valence-electron chi connectivity index (χ2n) is 6.14. The van der Waals surface area contributed by atoms with Crippen molar-refractivity contribution in [2.75, 3.05) is 19.6 Å². The maximum absolute atomic E-state index is 13.1. The molecule has 0 bridgehead atoms. The summed E-state index contributed by atoms with van der Waals surface area (Å²) in [5.41, 5.74) is 0.876. The van der Waals surface area contributed by atoms with Crippen molar-refractivity contribution < 1.29 is 8.42 Å². The topological polar surface area (TPSA) is 67.2 Å². The van der Waals surface area contributed by atoms with Crippen LogP contribution in [0.3, 0.4) is 0 Å². The lowest BCUT2D eigenvalue weighted by Gasteiger charge is -2.35. The van der Waals surface area contributed by atoms with Crippen LogP contribution in [-0.4, -0.2) is 41.9 Å². The van der Waals surface area contributed by atoms with Crippen molar-refractivity contribution in [1.29, 1.82) is 0 Å². The Balaban J connectivity index is 1.97. The summed E-state index contributed by atoms with van der Waals surface area (Å²) in [4.78, 5) is 4.12. The summed E-state index contributed by atoms with van der Waals surface area (Å²) in [7, 11) is -3.67. The predicted molar refractivity (Wildman–Crippen MR) is 93.6 cm³/mol.